The zero-order valence-electron chi connectivity index (χ0n) is 14.1. The SMILES string of the molecule is COc1ccc(C(CC(=O)N(C)C)c2ccc(OC)cc2)cc1. The topological polar surface area (TPSA) is 38.8 Å². The van der Waals surface area contributed by atoms with Crippen LogP contribution in [-0.4, -0.2) is 39.1 Å². The Labute approximate surface area is 137 Å². The van der Waals surface area contributed by atoms with Crippen molar-refractivity contribution in [3.05, 3.63) is 59.7 Å². The first-order valence-electron chi connectivity index (χ1n) is 7.53. The smallest absolute Gasteiger partial charge is 0.223 e. The first-order valence-corrected chi connectivity index (χ1v) is 7.53. The maximum absolute atomic E-state index is 12.2. The Kier molecular flexibility index (Phi) is 5.63. The molecule has 2 aromatic carbocycles. The Balaban J connectivity index is 2.34. The minimum atomic E-state index is 0.00159. The van der Waals surface area contributed by atoms with E-state index in [0.29, 0.717) is 6.42 Å². The minimum absolute atomic E-state index is 0.00159. The highest BCUT2D eigenvalue weighted by atomic mass is 16.5. The second kappa shape index (κ2) is 7.68. The van der Waals surface area contributed by atoms with Crippen molar-refractivity contribution in [3.63, 3.8) is 0 Å². The number of rotatable bonds is 6. The molecule has 0 spiro atoms. The Bertz CT molecular complexity index is 585. The Morgan fingerprint density at radius 2 is 1.26 bits per heavy atom. The lowest BCUT2D eigenvalue weighted by Crippen LogP contribution is -2.24. The van der Waals surface area contributed by atoms with Crippen LogP contribution in [0.3, 0.4) is 0 Å². The van der Waals surface area contributed by atoms with E-state index in [0.717, 1.165) is 22.6 Å². The van der Waals surface area contributed by atoms with Gasteiger partial charge in [-0.15, -0.1) is 0 Å². The molecule has 0 atom stereocenters. The molecular formula is C19H23NO3. The zero-order valence-corrected chi connectivity index (χ0v) is 14.1. The van der Waals surface area contributed by atoms with Crippen molar-refractivity contribution in [2.75, 3.05) is 28.3 Å². The standard InChI is InChI=1S/C19H23NO3/c1-20(2)19(21)13-18(14-5-9-16(22-3)10-6-14)15-7-11-17(23-4)12-8-15/h5-12,18H,13H2,1-4H3. The molecule has 0 radical (unpaired) electrons. The fourth-order valence-electron chi connectivity index (χ4n) is 2.46. The third kappa shape index (κ3) is 4.25. The van der Waals surface area contributed by atoms with Gasteiger partial charge in [-0.1, -0.05) is 24.3 Å². The molecule has 0 unspecified atom stereocenters. The lowest BCUT2D eigenvalue weighted by Gasteiger charge is -2.20. The van der Waals surface area contributed by atoms with E-state index in [4.69, 9.17) is 9.47 Å². The van der Waals surface area contributed by atoms with Crippen molar-refractivity contribution in [2.24, 2.45) is 0 Å². The van der Waals surface area contributed by atoms with E-state index in [1.54, 1.807) is 33.2 Å². The highest BCUT2D eigenvalue weighted by Crippen LogP contribution is 2.31. The summed E-state index contributed by atoms with van der Waals surface area (Å²) in [7, 11) is 6.85. The van der Waals surface area contributed by atoms with Crippen molar-refractivity contribution in [1.29, 1.82) is 0 Å². The second-order valence-electron chi connectivity index (χ2n) is 5.59. The average Bonchev–Trinajstić information content (AvgIpc) is 2.59. The predicted molar refractivity (Wildman–Crippen MR) is 91.1 cm³/mol. The molecule has 0 saturated carbocycles. The normalized spacial score (nSPS) is 10.5. The van der Waals surface area contributed by atoms with Crippen molar-refractivity contribution in [2.45, 2.75) is 12.3 Å². The summed E-state index contributed by atoms with van der Waals surface area (Å²) in [5.74, 6) is 1.71. The van der Waals surface area contributed by atoms with E-state index in [1.807, 2.05) is 48.5 Å². The molecule has 0 aliphatic rings. The number of carbonyl (C=O) groups is 1. The van der Waals surface area contributed by atoms with E-state index in [-0.39, 0.29) is 11.8 Å². The van der Waals surface area contributed by atoms with Gasteiger partial charge in [0.25, 0.3) is 0 Å². The summed E-state index contributed by atoms with van der Waals surface area (Å²) in [6.45, 7) is 0. The van der Waals surface area contributed by atoms with Crippen LogP contribution in [0.25, 0.3) is 0 Å². The molecule has 2 aromatic rings. The molecule has 0 saturated heterocycles. The quantitative estimate of drug-likeness (QED) is 0.821. The van der Waals surface area contributed by atoms with Crippen LogP contribution in [-0.2, 0) is 4.79 Å². The predicted octanol–water partition coefficient (Wildman–Crippen LogP) is 3.31. The number of amides is 1. The third-order valence-corrected chi connectivity index (χ3v) is 3.91. The molecule has 122 valence electrons. The Morgan fingerprint density at radius 1 is 0.870 bits per heavy atom. The summed E-state index contributed by atoms with van der Waals surface area (Å²) in [5.41, 5.74) is 2.18. The third-order valence-electron chi connectivity index (χ3n) is 3.91. The fourth-order valence-corrected chi connectivity index (χ4v) is 2.46. The molecule has 0 aliphatic carbocycles. The molecular weight excluding hydrogens is 290 g/mol. The summed E-state index contributed by atoms with van der Waals surface area (Å²) >= 11 is 0. The lowest BCUT2D eigenvalue weighted by atomic mass is 9.88. The minimum Gasteiger partial charge on any atom is -0.497 e. The van der Waals surface area contributed by atoms with Crippen molar-refractivity contribution in [3.8, 4) is 11.5 Å². The van der Waals surface area contributed by atoms with Gasteiger partial charge in [0.1, 0.15) is 11.5 Å². The summed E-state index contributed by atoms with van der Waals surface area (Å²) < 4.78 is 10.4. The van der Waals surface area contributed by atoms with E-state index in [1.165, 1.54) is 0 Å². The summed E-state index contributed by atoms with van der Waals surface area (Å²) in [6.07, 6.45) is 0.422. The Hall–Kier alpha value is -2.49. The van der Waals surface area contributed by atoms with Crippen LogP contribution in [0.15, 0.2) is 48.5 Å². The van der Waals surface area contributed by atoms with Gasteiger partial charge >= 0.3 is 0 Å². The molecule has 0 N–H and O–H groups in total. The van der Waals surface area contributed by atoms with Gasteiger partial charge in [-0.3, -0.25) is 4.79 Å². The molecule has 0 aromatic heterocycles. The van der Waals surface area contributed by atoms with E-state index >= 15 is 0 Å². The fraction of sp³-hybridized carbons (Fsp3) is 0.316. The summed E-state index contributed by atoms with van der Waals surface area (Å²) in [6, 6.07) is 15.7. The number of methoxy groups -OCH3 is 2. The van der Waals surface area contributed by atoms with Gasteiger partial charge in [0.05, 0.1) is 14.2 Å². The number of carbonyl (C=O) groups excluding carboxylic acids is 1. The second-order valence-corrected chi connectivity index (χ2v) is 5.59. The molecule has 0 aliphatic heterocycles. The van der Waals surface area contributed by atoms with Gasteiger partial charge in [0, 0.05) is 26.4 Å². The van der Waals surface area contributed by atoms with Gasteiger partial charge in [0.15, 0.2) is 0 Å². The molecule has 23 heavy (non-hydrogen) atoms. The van der Waals surface area contributed by atoms with Crippen LogP contribution in [0.1, 0.15) is 23.5 Å². The molecule has 0 bridgehead atoms. The van der Waals surface area contributed by atoms with Crippen LogP contribution < -0.4 is 9.47 Å². The zero-order chi connectivity index (χ0) is 16.8. The number of hydrogen-bond donors (Lipinski definition) is 0. The van der Waals surface area contributed by atoms with Gasteiger partial charge in [-0.25, -0.2) is 0 Å². The molecule has 4 nitrogen and oxygen atoms in total. The largest absolute Gasteiger partial charge is 0.497 e. The van der Waals surface area contributed by atoms with Crippen LogP contribution >= 0.6 is 0 Å². The monoisotopic (exact) mass is 313 g/mol. The van der Waals surface area contributed by atoms with E-state index < -0.39 is 0 Å². The number of ether oxygens (including phenoxy) is 2. The van der Waals surface area contributed by atoms with Crippen molar-refractivity contribution in [1.82, 2.24) is 4.90 Å². The van der Waals surface area contributed by atoms with Crippen molar-refractivity contribution >= 4 is 5.91 Å². The van der Waals surface area contributed by atoms with E-state index in [9.17, 15) is 4.79 Å². The molecule has 0 heterocycles. The highest BCUT2D eigenvalue weighted by molar-refractivity contribution is 5.77. The van der Waals surface area contributed by atoms with Gasteiger partial charge < -0.3 is 14.4 Å². The van der Waals surface area contributed by atoms with Crippen LogP contribution in [0, 0.1) is 0 Å². The van der Waals surface area contributed by atoms with E-state index in [2.05, 4.69) is 0 Å². The maximum atomic E-state index is 12.2. The van der Waals surface area contributed by atoms with Gasteiger partial charge in [0.2, 0.25) is 5.91 Å². The average molecular weight is 313 g/mol. The van der Waals surface area contributed by atoms with Crippen LogP contribution in [0.4, 0.5) is 0 Å². The number of benzene rings is 2. The van der Waals surface area contributed by atoms with Crippen LogP contribution in [0.2, 0.25) is 0 Å². The van der Waals surface area contributed by atoms with Crippen molar-refractivity contribution < 1.29 is 14.3 Å². The Morgan fingerprint density at radius 3 is 1.57 bits per heavy atom. The highest BCUT2D eigenvalue weighted by Gasteiger charge is 2.19. The van der Waals surface area contributed by atoms with Gasteiger partial charge in [-0.05, 0) is 35.4 Å². The van der Waals surface area contributed by atoms with Gasteiger partial charge in [-0.2, -0.15) is 0 Å². The number of nitrogens with zero attached hydrogens (tertiary/aromatic N) is 1. The lowest BCUT2D eigenvalue weighted by molar-refractivity contribution is -0.128. The molecule has 0 fully saturated rings. The summed E-state index contributed by atoms with van der Waals surface area (Å²) in [4.78, 5) is 13.8. The molecule has 4 heteroatoms. The molecule has 2 rings (SSSR count). The maximum Gasteiger partial charge on any atom is 0.223 e. The molecule has 1 amide bonds. The van der Waals surface area contributed by atoms with Crippen LogP contribution in [0.5, 0.6) is 11.5 Å². The summed E-state index contributed by atoms with van der Waals surface area (Å²) in [5, 5.41) is 0. The number of hydrogen-bond acceptors (Lipinski definition) is 3. The first kappa shape index (κ1) is 16.9. The first-order chi connectivity index (χ1) is 11.0.